The van der Waals surface area contributed by atoms with Crippen LogP contribution in [-0.4, -0.2) is 26.4 Å². The Labute approximate surface area is 206 Å². The first-order valence-electron chi connectivity index (χ1n) is 10.8. The summed E-state index contributed by atoms with van der Waals surface area (Å²) in [5.41, 5.74) is 6.12. The Morgan fingerprint density at radius 1 is 1.03 bits per heavy atom. The van der Waals surface area contributed by atoms with Crippen LogP contribution in [0.5, 0.6) is 0 Å². The summed E-state index contributed by atoms with van der Waals surface area (Å²) in [4.78, 5) is 12.9. The highest BCUT2D eigenvalue weighted by Gasteiger charge is 2.18. The molecule has 0 aliphatic rings. The minimum absolute atomic E-state index is 0.0693. The van der Waals surface area contributed by atoms with Gasteiger partial charge in [-0.25, -0.2) is 0 Å². The van der Waals surface area contributed by atoms with Gasteiger partial charge in [-0.15, -0.1) is 10.2 Å². The summed E-state index contributed by atoms with van der Waals surface area (Å²) in [6, 6.07) is 22.2. The van der Waals surface area contributed by atoms with Crippen molar-refractivity contribution in [3.8, 4) is 17.1 Å². The fraction of sp³-hybridized carbons (Fsp3) is 0.192. The van der Waals surface area contributed by atoms with E-state index in [0.29, 0.717) is 5.16 Å². The van der Waals surface area contributed by atoms with Crippen molar-refractivity contribution in [3.63, 3.8) is 0 Å². The Morgan fingerprint density at radius 3 is 2.55 bits per heavy atom. The number of anilines is 1. The Hall–Kier alpha value is -2.90. The number of rotatable bonds is 7. The van der Waals surface area contributed by atoms with Crippen LogP contribution in [-0.2, 0) is 11.2 Å². The summed E-state index contributed by atoms with van der Waals surface area (Å²) in [6.45, 7) is 6.15. The van der Waals surface area contributed by atoms with E-state index < -0.39 is 0 Å². The Morgan fingerprint density at radius 2 is 1.82 bits per heavy atom. The van der Waals surface area contributed by atoms with Crippen LogP contribution >= 0.6 is 27.7 Å². The largest absolute Gasteiger partial charge is 0.325 e. The molecule has 1 aromatic heterocycles. The molecule has 0 fully saturated rings. The van der Waals surface area contributed by atoms with E-state index in [1.54, 1.807) is 0 Å². The maximum atomic E-state index is 12.9. The molecule has 1 amide bonds. The van der Waals surface area contributed by atoms with E-state index in [2.05, 4.69) is 63.5 Å². The lowest BCUT2D eigenvalue weighted by Crippen LogP contribution is -2.16. The standard InChI is InChI=1S/C26H25BrN4OS/c1-4-19-15-21(27)14-18(3)24(19)28-23(32)16-33-26-30-29-25(20-10-6-5-7-11-20)31(26)22-12-8-9-17(2)13-22/h5-15H,4,16H2,1-3H3,(H,28,32). The first-order valence-corrected chi connectivity index (χ1v) is 12.5. The van der Waals surface area contributed by atoms with Gasteiger partial charge in [-0.05, 0) is 61.2 Å². The fourth-order valence-electron chi connectivity index (χ4n) is 3.71. The minimum Gasteiger partial charge on any atom is -0.325 e. The molecular weight excluding hydrogens is 496 g/mol. The Kier molecular flexibility index (Phi) is 7.30. The van der Waals surface area contributed by atoms with Crippen molar-refractivity contribution in [3.05, 3.63) is 87.9 Å². The lowest BCUT2D eigenvalue weighted by molar-refractivity contribution is -0.113. The van der Waals surface area contributed by atoms with Crippen LogP contribution in [0, 0.1) is 13.8 Å². The zero-order valence-corrected chi connectivity index (χ0v) is 21.2. The van der Waals surface area contributed by atoms with E-state index in [4.69, 9.17) is 0 Å². The molecule has 33 heavy (non-hydrogen) atoms. The Bertz CT molecular complexity index is 1290. The van der Waals surface area contributed by atoms with Gasteiger partial charge in [-0.2, -0.15) is 0 Å². The molecule has 3 aromatic carbocycles. The van der Waals surface area contributed by atoms with Crippen LogP contribution < -0.4 is 5.32 Å². The molecule has 4 rings (SSSR count). The molecule has 5 nitrogen and oxygen atoms in total. The lowest BCUT2D eigenvalue weighted by Gasteiger charge is -2.14. The van der Waals surface area contributed by atoms with Crippen molar-refractivity contribution >= 4 is 39.3 Å². The number of carbonyl (C=O) groups excluding carboxylic acids is 1. The average Bonchev–Trinajstić information content (AvgIpc) is 3.24. The fourth-order valence-corrected chi connectivity index (χ4v) is 5.08. The van der Waals surface area contributed by atoms with Gasteiger partial charge in [0.1, 0.15) is 0 Å². The second-order valence-corrected chi connectivity index (χ2v) is 9.65. The molecule has 0 radical (unpaired) electrons. The van der Waals surface area contributed by atoms with E-state index in [9.17, 15) is 4.79 Å². The van der Waals surface area contributed by atoms with Crippen LogP contribution in [0.2, 0.25) is 0 Å². The smallest absolute Gasteiger partial charge is 0.234 e. The molecule has 0 saturated carbocycles. The van der Waals surface area contributed by atoms with Gasteiger partial charge in [-0.3, -0.25) is 9.36 Å². The normalized spacial score (nSPS) is 10.9. The van der Waals surface area contributed by atoms with E-state index in [1.165, 1.54) is 11.8 Å². The molecule has 0 spiro atoms. The summed E-state index contributed by atoms with van der Waals surface area (Å²) < 4.78 is 3.03. The van der Waals surface area contributed by atoms with Crippen LogP contribution in [0.25, 0.3) is 17.1 Å². The topological polar surface area (TPSA) is 59.8 Å². The zero-order valence-electron chi connectivity index (χ0n) is 18.8. The van der Waals surface area contributed by atoms with Gasteiger partial charge in [0.2, 0.25) is 5.91 Å². The van der Waals surface area contributed by atoms with E-state index >= 15 is 0 Å². The molecule has 0 aliphatic carbocycles. The van der Waals surface area contributed by atoms with Gasteiger partial charge in [0.05, 0.1) is 5.75 Å². The summed E-state index contributed by atoms with van der Waals surface area (Å²) in [6.07, 6.45) is 0.838. The minimum atomic E-state index is -0.0693. The van der Waals surface area contributed by atoms with Crippen molar-refractivity contribution < 1.29 is 4.79 Å². The molecule has 0 bridgehead atoms. The number of aryl methyl sites for hydroxylation is 3. The van der Waals surface area contributed by atoms with Gasteiger partial charge in [-0.1, -0.05) is 77.1 Å². The third-order valence-corrected chi connectivity index (χ3v) is 6.67. The number of nitrogens with zero attached hydrogens (tertiary/aromatic N) is 3. The second-order valence-electron chi connectivity index (χ2n) is 7.79. The van der Waals surface area contributed by atoms with Crippen molar-refractivity contribution in [2.45, 2.75) is 32.3 Å². The van der Waals surface area contributed by atoms with E-state index in [-0.39, 0.29) is 11.7 Å². The number of aromatic nitrogens is 3. The van der Waals surface area contributed by atoms with Crippen LogP contribution in [0.3, 0.4) is 0 Å². The number of nitrogens with one attached hydrogen (secondary N) is 1. The third-order valence-electron chi connectivity index (χ3n) is 5.28. The Balaban J connectivity index is 1.60. The van der Waals surface area contributed by atoms with Crippen LogP contribution in [0.1, 0.15) is 23.6 Å². The highest BCUT2D eigenvalue weighted by atomic mass is 79.9. The number of hydrogen-bond acceptors (Lipinski definition) is 4. The number of hydrogen-bond donors (Lipinski definition) is 1. The monoisotopic (exact) mass is 520 g/mol. The number of carbonyl (C=O) groups is 1. The highest BCUT2D eigenvalue weighted by Crippen LogP contribution is 2.30. The molecule has 1 N–H and O–H groups in total. The number of amides is 1. The van der Waals surface area contributed by atoms with Gasteiger partial charge >= 0.3 is 0 Å². The summed E-state index contributed by atoms with van der Waals surface area (Å²) in [5.74, 6) is 0.915. The summed E-state index contributed by atoms with van der Waals surface area (Å²) in [7, 11) is 0. The third kappa shape index (κ3) is 5.37. The molecule has 0 unspecified atom stereocenters. The lowest BCUT2D eigenvalue weighted by atomic mass is 10.1. The van der Waals surface area contributed by atoms with Crippen molar-refractivity contribution in [1.29, 1.82) is 0 Å². The molecule has 168 valence electrons. The molecule has 0 saturated heterocycles. The zero-order chi connectivity index (χ0) is 23.4. The number of benzene rings is 3. The maximum absolute atomic E-state index is 12.9. The molecular formula is C26H25BrN4OS. The van der Waals surface area contributed by atoms with Crippen molar-refractivity contribution in [2.75, 3.05) is 11.1 Å². The van der Waals surface area contributed by atoms with E-state index in [0.717, 1.165) is 50.3 Å². The van der Waals surface area contributed by atoms with Crippen LogP contribution in [0.4, 0.5) is 5.69 Å². The maximum Gasteiger partial charge on any atom is 0.234 e. The molecule has 1 heterocycles. The predicted molar refractivity (Wildman–Crippen MR) is 139 cm³/mol. The first-order chi connectivity index (χ1) is 16.0. The predicted octanol–water partition coefficient (Wildman–Crippen LogP) is 6.61. The molecule has 0 aliphatic heterocycles. The molecule has 4 aromatic rings. The highest BCUT2D eigenvalue weighted by molar-refractivity contribution is 9.10. The van der Waals surface area contributed by atoms with Gasteiger partial charge in [0.15, 0.2) is 11.0 Å². The number of halogens is 1. The molecule has 0 atom stereocenters. The van der Waals surface area contributed by atoms with Crippen molar-refractivity contribution in [2.24, 2.45) is 0 Å². The van der Waals surface area contributed by atoms with Gasteiger partial charge in [0.25, 0.3) is 0 Å². The van der Waals surface area contributed by atoms with Gasteiger partial charge < -0.3 is 5.32 Å². The summed E-state index contributed by atoms with van der Waals surface area (Å²) >= 11 is 4.92. The quantitative estimate of drug-likeness (QED) is 0.278. The summed E-state index contributed by atoms with van der Waals surface area (Å²) in [5, 5.41) is 12.7. The van der Waals surface area contributed by atoms with E-state index in [1.807, 2.05) is 60.0 Å². The van der Waals surface area contributed by atoms with Crippen LogP contribution in [0.15, 0.2) is 76.4 Å². The second kappa shape index (κ2) is 10.4. The SMILES string of the molecule is CCc1cc(Br)cc(C)c1NC(=O)CSc1nnc(-c2ccccc2)n1-c1cccc(C)c1. The van der Waals surface area contributed by atoms with Crippen molar-refractivity contribution in [1.82, 2.24) is 14.8 Å². The number of thioether (sulfide) groups is 1. The average molecular weight is 521 g/mol. The molecule has 7 heteroatoms. The first kappa shape index (κ1) is 23.3. The van der Waals surface area contributed by atoms with Gasteiger partial charge in [0, 0.05) is 21.4 Å².